The molecule has 0 N–H and O–H groups in total. The van der Waals surface area contributed by atoms with Gasteiger partial charge < -0.3 is 0 Å². The number of aromatic nitrogens is 2. The molecule has 218 valence electrons. The third-order valence-electron chi connectivity index (χ3n) is 9.50. The van der Waals surface area contributed by atoms with Crippen LogP contribution in [0.4, 0.5) is 0 Å². The van der Waals surface area contributed by atoms with Crippen LogP contribution in [-0.2, 0) is 5.41 Å². The van der Waals surface area contributed by atoms with E-state index in [1.165, 1.54) is 53.6 Å². The van der Waals surface area contributed by atoms with Crippen LogP contribution in [0.25, 0.3) is 76.3 Å². The Labute approximate surface area is 272 Å². The van der Waals surface area contributed by atoms with Crippen molar-refractivity contribution in [1.29, 1.82) is 0 Å². The number of hydrogen-bond acceptors (Lipinski definition) is 3. The molecule has 0 bridgehead atoms. The summed E-state index contributed by atoms with van der Waals surface area (Å²) in [4.78, 5) is 10.4. The highest BCUT2D eigenvalue weighted by Gasteiger charge is 2.35. The summed E-state index contributed by atoms with van der Waals surface area (Å²) in [7, 11) is 0. The molecule has 8 aromatic rings. The van der Waals surface area contributed by atoms with E-state index in [-0.39, 0.29) is 5.41 Å². The molecule has 6 aromatic carbocycles. The molecule has 2 nitrogen and oxygen atoms in total. The van der Waals surface area contributed by atoms with Gasteiger partial charge in [0, 0.05) is 42.3 Å². The van der Waals surface area contributed by atoms with Crippen molar-refractivity contribution in [3.05, 3.63) is 157 Å². The Hall–Kier alpha value is -5.38. The normalized spacial score (nSPS) is 13.2. The largest absolute Gasteiger partial charge is 0.228 e. The van der Waals surface area contributed by atoms with Gasteiger partial charge in [-0.1, -0.05) is 129 Å². The Morgan fingerprint density at radius 1 is 0.457 bits per heavy atom. The number of benzene rings is 6. The fraction of sp³-hybridized carbons (Fsp3) is 0.0698. The summed E-state index contributed by atoms with van der Waals surface area (Å²) in [6, 6.07) is 52.2. The number of thiophene rings is 1. The van der Waals surface area contributed by atoms with E-state index in [0.717, 1.165) is 33.9 Å². The van der Waals surface area contributed by atoms with Crippen LogP contribution in [0.3, 0.4) is 0 Å². The molecule has 0 aliphatic heterocycles. The van der Waals surface area contributed by atoms with Crippen LogP contribution in [0, 0.1) is 0 Å². The minimum Gasteiger partial charge on any atom is -0.228 e. The first-order chi connectivity index (χ1) is 22.5. The van der Waals surface area contributed by atoms with Crippen LogP contribution in [0.5, 0.6) is 0 Å². The van der Waals surface area contributed by atoms with Crippen molar-refractivity contribution in [1.82, 2.24) is 9.97 Å². The molecular formula is C43H30N2S. The van der Waals surface area contributed by atoms with E-state index in [9.17, 15) is 0 Å². The van der Waals surface area contributed by atoms with E-state index in [4.69, 9.17) is 9.97 Å². The molecule has 2 aromatic heterocycles. The van der Waals surface area contributed by atoms with E-state index in [0.29, 0.717) is 0 Å². The average molecular weight is 607 g/mol. The van der Waals surface area contributed by atoms with Gasteiger partial charge in [0.1, 0.15) is 0 Å². The monoisotopic (exact) mass is 606 g/mol. The highest BCUT2D eigenvalue weighted by Crippen LogP contribution is 2.51. The minimum absolute atomic E-state index is 0.0763. The zero-order valence-corrected chi connectivity index (χ0v) is 26.5. The Kier molecular flexibility index (Phi) is 6.06. The SMILES string of the molecule is CC1(C)c2ccccc2-c2ccc(-c3cc(-c4nc(-c5ccccc5)cc(-c5ccccc5)n4)cc4sc5ccccc5c34)cc21. The van der Waals surface area contributed by atoms with Gasteiger partial charge in [0.05, 0.1) is 11.4 Å². The van der Waals surface area contributed by atoms with Crippen LogP contribution < -0.4 is 0 Å². The fourth-order valence-corrected chi connectivity index (χ4v) is 8.34. The standard InChI is InChI=1S/C43H30N2S/c1-43(2)35-19-11-9-17-31(35)32-22-21-29(24-36(32)43)34-23-30(25-40-41(34)33-18-10-12-20-39(33)46-40)42-44-37(27-13-5-3-6-14-27)26-38(45-42)28-15-7-4-8-16-28/h3-26H,1-2H3. The first-order valence-electron chi connectivity index (χ1n) is 15.7. The summed E-state index contributed by atoms with van der Waals surface area (Å²) in [5.41, 5.74) is 12.8. The van der Waals surface area contributed by atoms with Crippen molar-refractivity contribution >= 4 is 31.5 Å². The maximum atomic E-state index is 5.20. The van der Waals surface area contributed by atoms with Crippen molar-refractivity contribution in [2.75, 3.05) is 0 Å². The zero-order valence-electron chi connectivity index (χ0n) is 25.7. The van der Waals surface area contributed by atoms with E-state index in [1.54, 1.807) is 0 Å². The maximum absolute atomic E-state index is 5.20. The van der Waals surface area contributed by atoms with Gasteiger partial charge in [0.15, 0.2) is 5.82 Å². The highest BCUT2D eigenvalue weighted by molar-refractivity contribution is 7.26. The highest BCUT2D eigenvalue weighted by atomic mass is 32.1. The summed E-state index contributed by atoms with van der Waals surface area (Å²) in [6.07, 6.45) is 0. The van der Waals surface area contributed by atoms with Crippen LogP contribution in [0.1, 0.15) is 25.0 Å². The second-order valence-electron chi connectivity index (χ2n) is 12.6. The number of hydrogen-bond donors (Lipinski definition) is 0. The predicted octanol–water partition coefficient (Wildman–Crippen LogP) is 11.8. The molecule has 1 aliphatic carbocycles. The van der Waals surface area contributed by atoms with Crippen LogP contribution in [-0.4, -0.2) is 9.97 Å². The first-order valence-corrected chi connectivity index (χ1v) is 16.6. The second-order valence-corrected chi connectivity index (χ2v) is 13.7. The third-order valence-corrected chi connectivity index (χ3v) is 10.6. The molecule has 0 atom stereocenters. The van der Waals surface area contributed by atoms with Gasteiger partial charge in [-0.15, -0.1) is 11.3 Å². The van der Waals surface area contributed by atoms with Crippen molar-refractivity contribution in [2.24, 2.45) is 0 Å². The first kappa shape index (κ1) is 27.0. The van der Waals surface area contributed by atoms with Crippen LogP contribution in [0.15, 0.2) is 146 Å². The molecule has 0 amide bonds. The summed E-state index contributed by atoms with van der Waals surface area (Å²) in [5, 5.41) is 2.58. The van der Waals surface area contributed by atoms with Crippen molar-refractivity contribution in [2.45, 2.75) is 19.3 Å². The van der Waals surface area contributed by atoms with Crippen LogP contribution >= 0.6 is 11.3 Å². The molecule has 2 heterocycles. The molecule has 0 saturated carbocycles. The van der Waals surface area contributed by atoms with Gasteiger partial charge in [-0.25, -0.2) is 9.97 Å². The number of rotatable bonds is 4. The minimum atomic E-state index is -0.0763. The topological polar surface area (TPSA) is 25.8 Å². The van der Waals surface area contributed by atoms with E-state index in [2.05, 4.69) is 147 Å². The number of nitrogens with zero attached hydrogens (tertiary/aromatic N) is 2. The third kappa shape index (κ3) is 4.23. The van der Waals surface area contributed by atoms with Crippen molar-refractivity contribution < 1.29 is 0 Å². The molecule has 0 spiro atoms. The molecule has 46 heavy (non-hydrogen) atoms. The summed E-state index contributed by atoms with van der Waals surface area (Å²) in [6.45, 7) is 4.70. The van der Waals surface area contributed by atoms with Crippen molar-refractivity contribution in [3.8, 4) is 56.2 Å². The maximum Gasteiger partial charge on any atom is 0.160 e. The molecule has 0 unspecified atom stereocenters. The van der Waals surface area contributed by atoms with Gasteiger partial charge >= 0.3 is 0 Å². The van der Waals surface area contributed by atoms with Gasteiger partial charge in [0.25, 0.3) is 0 Å². The summed E-state index contributed by atoms with van der Waals surface area (Å²) < 4.78 is 2.53. The molecule has 3 heteroatoms. The summed E-state index contributed by atoms with van der Waals surface area (Å²) in [5.74, 6) is 0.731. The Morgan fingerprint density at radius 2 is 1.09 bits per heavy atom. The quantitative estimate of drug-likeness (QED) is 0.199. The van der Waals surface area contributed by atoms with Gasteiger partial charge in [-0.3, -0.25) is 0 Å². The van der Waals surface area contributed by atoms with Gasteiger partial charge in [0.2, 0.25) is 0 Å². The lowest BCUT2D eigenvalue weighted by Crippen LogP contribution is -2.14. The smallest absolute Gasteiger partial charge is 0.160 e. The zero-order chi connectivity index (χ0) is 30.8. The van der Waals surface area contributed by atoms with E-state index >= 15 is 0 Å². The lowest BCUT2D eigenvalue weighted by Gasteiger charge is -2.22. The average Bonchev–Trinajstić information content (AvgIpc) is 3.60. The predicted molar refractivity (Wildman–Crippen MR) is 194 cm³/mol. The van der Waals surface area contributed by atoms with Crippen LogP contribution in [0.2, 0.25) is 0 Å². The Morgan fingerprint density at radius 3 is 1.83 bits per heavy atom. The molecule has 0 radical (unpaired) electrons. The Bertz CT molecular complexity index is 2380. The molecule has 0 saturated heterocycles. The lowest BCUT2D eigenvalue weighted by atomic mass is 9.81. The second kappa shape index (κ2) is 10.3. The Balaban J connectivity index is 1.30. The molecule has 9 rings (SSSR count). The van der Waals surface area contributed by atoms with E-state index < -0.39 is 0 Å². The molecule has 1 aliphatic rings. The van der Waals surface area contributed by atoms with Gasteiger partial charge in [-0.2, -0.15) is 0 Å². The fourth-order valence-electron chi connectivity index (χ4n) is 7.17. The number of fused-ring (bicyclic) bond motifs is 6. The van der Waals surface area contributed by atoms with Gasteiger partial charge in [-0.05, 0) is 63.7 Å². The summed E-state index contributed by atoms with van der Waals surface area (Å²) >= 11 is 1.84. The lowest BCUT2D eigenvalue weighted by molar-refractivity contribution is 0.660. The van der Waals surface area contributed by atoms with E-state index in [1.807, 2.05) is 23.5 Å². The van der Waals surface area contributed by atoms with Crippen molar-refractivity contribution in [3.63, 3.8) is 0 Å². The molecular weight excluding hydrogens is 577 g/mol. The molecule has 0 fully saturated rings.